The van der Waals surface area contributed by atoms with E-state index in [-0.39, 0.29) is 17.6 Å². The van der Waals surface area contributed by atoms with E-state index < -0.39 is 11.9 Å². The highest BCUT2D eigenvalue weighted by Gasteiger charge is 2.41. The SMILES string of the molecule is CCOc1ccc([C@@H]2C(C#N)=C(N)OC3=C2C(=O)O[C@@H](C)C3)cc1. The summed E-state index contributed by atoms with van der Waals surface area (Å²) in [6, 6.07) is 9.31. The first-order valence-electron chi connectivity index (χ1n) is 7.79. The molecule has 2 heterocycles. The summed E-state index contributed by atoms with van der Waals surface area (Å²) in [5, 5.41) is 9.49. The number of hydrogen-bond donors (Lipinski definition) is 1. The molecule has 3 rings (SSSR count). The smallest absolute Gasteiger partial charge is 0.338 e. The Morgan fingerprint density at radius 1 is 1.38 bits per heavy atom. The van der Waals surface area contributed by atoms with Crippen LogP contribution in [-0.2, 0) is 14.3 Å². The van der Waals surface area contributed by atoms with E-state index in [0.29, 0.717) is 24.4 Å². The van der Waals surface area contributed by atoms with Crippen molar-refractivity contribution in [1.29, 1.82) is 5.26 Å². The molecule has 0 unspecified atom stereocenters. The van der Waals surface area contributed by atoms with E-state index in [1.165, 1.54) is 0 Å². The van der Waals surface area contributed by atoms with E-state index in [4.69, 9.17) is 19.9 Å². The maximum Gasteiger partial charge on any atom is 0.338 e. The lowest BCUT2D eigenvalue weighted by Gasteiger charge is -2.32. The van der Waals surface area contributed by atoms with Gasteiger partial charge in [0.1, 0.15) is 29.3 Å². The Balaban J connectivity index is 2.08. The van der Waals surface area contributed by atoms with Crippen LogP contribution < -0.4 is 10.5 Å². The van der Waals surface area contributed by atoms with Crippen molar-refractivity contribution in [1.82, 2.24) is 0 Å². The van der Waals surface area contributed by atoms with Crippen molar-refractivity contribution in [3.05, 3.63) is 52.6 Å². The predicted molar refractivity (Wildman–Crippen MR) is 85.5 cm³/mol. The number of rotatable bonds is 3. The number of cyclic esters (lactones) is 1. The highest BCUT2D eigenvalue weighted by molar-refractivity contribution is 5.93. The fourth-order valence-electron chi connectivity index (χ4n) is 3.00. The van der Waals surface area contributed by atoms with Gasteiger partial charge in [-0.3, -0.25) is 0 Å². The zero-order valence-corrected chi connectivity index (χ0v) is 13.5. The average molecular weight is 326 g/mol. The molecule has 24 heavy (non-hydrogen) atoms. The Labute approximate surface area is 140 Å². The van der Waals surface area contributed by atoms with E-state index in [9.17, 15) is 10.1 Å². The molecule has 0 bridgehead atoms. The number of nitriles is 1. The molecule has 0 saturated heterocycles. The molecule has 6 heteroatoms. The molecule has 2 aliphatic heterocycles. The van der Waals surface area contributed by atoms with E-state index in [2.05, 4.69) is 6.07 Å². The lowest BCUT2D eigenvalue weighted by Crippen LogP contribution is -2.33. The molecule has 0 saturated carbocycles. The number of benzene rings is 1. The van der Waals surface area contributed by atoms with Gasteiger partial charge in [-0.25, -0.2) is 4.79 Å². The summed E-state index contributed by atoms with van der Waals surface area (Å²) in [5.74, 6) is 0.182. The van der Waals surface area contributed by atoms with Crippen molar-refractivity contribution in [3.8, 4) is 11.8 Å². The molecule has 2 N–H and O–H groups in total. The quantitative estimate of drug-likeness (QED) is 0.858. The van der Waals surface area contributed by atoms with Crippen LogP contribution in [0, 0.1) is 11.3 Å². The minimum absolute atomic E-state index is 0.0389. The normalized spacial score (nSPS) is 23.1. The molecule has 0 spiro atoms. The number of carbonyl (C=O) groups excluding carboxylic acids is 1. The Kier molecular flexibility index (Phi) is 4.17. The molecule has 2 aliphatic rings. The summed E-state index contributed by atoms with van der Waals surface area (Å²) in [5.41, 5.74) is 7.24. The maximum atomic E-state index is 12.4. The summed E-state index contributed by atoms with van der Waals surface area (Å²) >= 11 is 0. The molecule has 1 aromatic carbocycles. The molecular formula is C18H18N2O4. The van der Waals surface area contributed by atoms with Crippen molar-refractivity contribution in [2.45, 2.75) is 32.3 Å². The second-order valence-corrected chi connectivity index (χ2v) is 5.68. The number of carbonyl (C=O) groups is 1. The van der Waals surface area contributed by atoms with Crippen molar-refractivity contribution < 1.29 is 19.0 Å². The minimum Gasteiger partial charge on any atom is -0.494 e. The van der Waals surface area contributed by atoms with Crippen molar-refractivity contribution in [2.24, 2.45) is 5.73 Å². The summed E-state index contributed by atoms with van der Waals surface area (Å²) in [4.78, 5) is 12.4. The second-order valence-electron chi connectivity index (χ2n) is 5.68. The molecule has 6 nitrogen and oxygen atoms in total. The number of nitrogens with two attached hydrogens (primary N) is 1. The van der Waals surface area contributed by atoms with Crippen LogP contribution in [0.1, 0.15) is 31.7 Å². The highest BCUT2D eigenvalue weighted by atomic mass is 16.6. The third-order valence-corrected chi connectivity index (χ3v) is 4.02. The van der Waals surface area contributed by atoms with Gasteiger partial charge in [0.15, 0.2) is 0 Å². The number of allylic oxidation sites excluding steroid dienone is 1. The van der Waals surface area contributed by atoms with E-state index in [1.54, 1.807) is 19.1 Å². The van der Waals surface area contributed by atoms with E-state index >= 15 is 0 Å². The molecule has 0 amide bonds. The van der Waals surface area contributed by atoms with Crippen LogP contribution in [0.4, 0.5) is 0 Å². The van der Waals surface area contributed by atoms with Gasteiger partial charge in [-0.1, -0.05) is 12.1 Å². The Hall–Kier alpha value is -2.94. The van der Waals surface area contributed by atoms with Gasteiger partial charge in [0.25, 0.3) is 0 Å². The summed E-state index contributed by atoms with van der Waals surface area (Å²) < 4.78 is 16.3. The van der Waals surface area contributed by atoms with Crippen LogP contribution >= 0.6 is 0 Å². The Bertz CT molecular complexity index is 771. The van der Waals surface area contributed by atoms with Gasteiger partial charge < -0.3 is 19.9 Å². The minimum atomic E-state index is -0.588. The number of hydrogen-bond acceptors (Lipinski definition) is 6. The first-order chi connectivity index (χ1) is 11.5. The van der Waals surface area contributed by atoms with E-state index in [0.717, 1.165) is 11.3 Å². The number of nitrogens with zero attached hydrogens (tertiary/aromatic N) is 1. The van der Waals surface area contributed by atoms with Crippen molar-refractivity contribution >= 4 is 5.97 Å². The van der Waals surface area contributed by atoms with Crippen LogP contribution in [0.25, 0.3) is 0 Å². The van der Waals surface area contributed by atoms with Crippen molar-refractivity contribution in [2.75, 3.05) is 6.61 Å². The molecule has 1 aromatic rings. The average Bonchev–Trinajstić information content (AvgIpc) is 2.54. The molecule has 0 aromatic heterocycles. The highest BCUT2D eigenvalue weighted by Crippen LogP contribution is 2.43. The first-order valence-corrected chi connectivity index (χ1v) is 7.79. The van der Waals surface area contributed by atoms with Crippen molar-refractivity contribution in [3.63, 3.8) is 0 Å². The standard InChI is InChI=1S/C18H18N2O4/c1-3-22-12-6-4-11(5-7-12)15-13(9-19)17(20)24-14-8-10(2)23-18(21)16(14)15/h4-7,10,15H,3,8,20H2,1-2H3/t10-,15+/m0/s1. The Morgan fingerprint density at radius 2 is 2.08 bits per heavy atom. The number of ether oxygens (including phenoxy) is 3. The fourth-order valence-corrected chi connectivity index (χ4v) is 3.00. The first kappa shape index (κ1) is 15.9. The van der Waals surface area contributed by atoms with E-state index in [1.807, 2.05) is 19.1 Å². The molecule has 0 radical (unpaired) electrons. The molecule has 0 fully saturated rings. The molecule has 0 aliphatic carbocycles. The predicted octanol–water partition coefficient (Wildman–Crippen LogP) is 2.48. The van der Waals surface area contributed by atoms with Crippen LogP contribution in [0.3, 0.4) is 0 Å². The zero-order valence-electron chi connectivity index (χ0n) is 13.5. The largest absolute Gasteiger partial charge is 0.494 e. The van der Waals surface area contributed by atoms with Gasteiger partial charge in [-0.2, -0.15) is 5.26 Å². The zero-order chi connectivity index (χ0) is 17.3. The second kappa shape index (κ2) is 6.28. The van der Waals surface area contributed by atoms with Crippen LogP contribution in [0.2, 0.25) is 0 Å². The van der Waals surface area contributed by atoms with Gasteiger partial charge in [-0.05, 0) is 31.5 Å². The lowest BCUT2D eigenvalue weighted by atomic mass is 9.81. The van der Waals surface area contributed by atoms with Gasteiger partial charge in [0.05, 0.1) is 18.1 Å². The van der Waals surface area contributed by atoms with Crippen LogP contribution in [0.5, 0.6) is 5.75 Å². The monoisotopic (exact) mass is 326 g/mol. The third-order valence-electron chi connectivity index (χ3n) is 4.02. The maximum absolute atomic E-state index is 12.4. The summed E-state index contributed by atoms with van der Waals surface area (Å²) in [7, 11) is 0. The van der Waals surface area contributed by atoms with Gasteiger partial charge in [-0.15, -0.1) is 0 Å². The third kappa shape index (κ3) is 2.69. The molecular weight excluding hydrogens is 308 g/mol. The fraction of sp³-hybridized carbons (Fsp3) is 0.333. The summed E-state index contributed by atoms with van der Waals surface area (Å²) in [6.45, 7) is 4.25. The van der Waals surface area contributed by atoms with Gasteiger partial charge in [0, 0.05) is 6.42 Å². The topological polar surface area (TPSA) is 94.6 Å². The number of esters is 1. The van der Waals surface area contributed by atoms with Crippen LogP contribution in [0.15, 0.2) is 47.1 Å². The molecule has 124 valence electrons. The van der Waals surface area contributed by atoms with Crippen LogP contribution in [-0.4, -0.2) is 18.7 Å². The van der Waals surface area contributed by atoms with Gasteiger partial charge >= 0.3 is 5.97 Å². The van der Waals surface area contributed by atoms with Gasteiger partial charge in [0.2, 0.25) is 5.88 Å². The molecule has 2 atom stereocenters. The summed E-state index contributed by atoms with van der Waals surface area (Å²) in [6.07, 6.45) is 0.155. The Morgan fingerprint density at radius 3 is 2.71 bits per heavy atom. The lowest BCUT2D eigenvalue weighted by molar-refractivity contribution is -0.146.